The highest BCUT2D eigenvalue weighted by molar-refractivity contribution is 6.34. The van der Waals surface area contributed by atoms with Gasteiger partial charge in [0.15, 0.2) is 0 Å². The van der Waals surface area contributed by atoms with Crippen LogP contribution in [0.2, 0.25) is 5.02 Å². The number of methoxy groups -OCH3 is 1. The van der Waals surface area contributed by atoms with Gasteiger partial charge in [-0.05, 0) is 66.4 Å². The first kappa shape index (κ1) is 20.7. The summed E-state index contributed by atoms with van der Waals surface area (Å²) in [6, 6.07) is 21.7. The average Bonchev–Trinajstić information content (AvgIpc) is 2.78. The number of aromatic amines is 1. The van der Waals surface area contributed by atoms with Gasteiger partial charge in [-0.1, -0.05) is 35.9 Å². The first-order valence-electron chi connectivity index (χ1n) is 9.79. The fraction of sp³-hybridized carbons (Fsp3) is 0.120. The summed E-state index contributed by atoms with van der Waals surface area (Å²) in [7, 11) is 1.58. The summed E-state index contributed by atoms with van der Waals surface area (Å²) in [6.07, 6.45) is 0. The number of fused-ring (bicyclic) bond motifs is 1. The van der Waals surface area contributed by atoms with Gasteiger partial charge in [-0.25, -0.2) is 0 Å². The highest BCUT2D eigenvalue weighted by Crippen LogP contribution is 2.26. The Morgan fingerprint density at radius 2 is 1.77 bits per heavy atom. The Morgan fingerprint density at radius 1 is 1.03 bits per heavy atom. The van der Waals surface area contributed by atoms with Crippen LogP contribution < -0.4 is 15.2 Å². The number of carbonyl (C=O) groups excluding carboxylic acids is 1. The number of anilines is 1. The van der Waals surface area contributed by atoms with Crippen LogP contribution in [0.1, 0.15) is 21.5 Å². The minimum atomic E-state index is -0.292. The summed E-state index contributed by atoms with van der Waals surface area (Å²) in [5.74, 6) is 0.381. The molecule has 156 valence electrons. The molecule has 0 bridgehead atoms. The van der Waals surface area contributed by atoms with E-state index in [2.05, 4.69) is 4.98 Å². The van der Waals surface area contributed by atoms with Crippen LogP contribution in [0.25, 0.3) is 10.9 Å². The van der Waals surface area contributed by atoms with Gasteiger partial charge in [-0.3, -0.25) is 9.59 Å². The number of rotatable bonds is 5. The molecule has 0 aliphatic rings. The van der Waals surface area contributed by atoms with Crippen molar-refractivity contribution in [2.45, 2.75) is 13.5 Å². The van der Waals surface area contributed by atoms with Crippen LogP contribution in [0.4, 0.5) is 5.69 Å². The topological polar surface area (TPSA) is 62.4 Å². The number of hydrogen-bond donors (Lipinski definition) is 1. The predicted molar refractivity (Wildman–Crippen MR) is 124 cm³/mol. The molecule has 6 heteroatoms. The van der Waals surface area contributed by atoms with Gasteiger partial charge in [0.1, 0.15) is 5.75 Å². The van der Waals surface area contributed by atoms with Crippen molar-refractivity contribution in [2.24, 2.45) is 0 Å². The van der Waals surface area contributed by atoms with Gasteiger partial charge in [0.05, 0.1) is 24.2 Å². The van der Waals surface area contributed by atoms with Crippen molar-refractivity contribution < 1.29 is 9.53 Å². The lowest BCUT2D eigenvalue weighted by Gasteiger charge is -2.23. The third kappa shape index (κ3) is 4.32. The number of H-pyrrole nitrogens is 1. The Kier molecular flexibility index (Phi) is 5.78. The monoisotopic (exact) mass is 432 g/mol. The van der Waals surface area contributed by atoms with Crippen molar-refractivity contribution in [1.29, 1.82) is 0 Å². The second-order valence-electron chi connectivity index (χ2n) is 7.28. The molecule has 0 radical (unpaired) electrons. The zero-order valence-electron chi connectivity index (χ0n) is 17.2. The molecule has 0 saturated carbocycles. The number of carbonyl (C=O) groups is 1. The maximum Gasteiger partial charge on any atom is 0.260 e. The fourth-order valence-corrected chi connectivity index (χ4v) is 3.69. The molecule has 0 atom stereocenters. The molecule has 1 N–H and O–H groups in total. The normalized spacial score (nSPS) is 10.8. The van der Waals surface area contributed by atoms with Gasteiger partial charge in [-0.15, -0.1) is 0 Å². The van der Waals surface area contributed by atoms with Crippen molar-refractivity contribution >= 4 is 34.1 Å². The van der Waals surface area contributed by atoms with E-state index < -0.39 is 0 Å². The van der Waals surface area contributed by atoms with E-state index in [4.69, 9.17) is 16.3 Å². The lowest BCUT2D eigenvalue weighted by molar-refractivity contribution is 0.0985. The number of aryl methyl sites for hydroxylation is 1. The summed E-state index contributed by atoms with van der Waals surface area (Å²) in [6.45, 7) is 2.06. The molecular weight excluding hydrogens is 412 g/mol. The zero-order valence-corrected chi connectivity index (χ0v) is 17.9. The van der Waals surface area contributed by atoms with Crippen molar-refractivity contribution in [3.05, 3.63) is 105 Å². The molecule has 0 saturated heterocycles. The SMILES string of the molecule is COc1ccc(N(Cc2cc3ccc(C)cc3[nH]c2=O)C(=O)c2ccccc2Cl)cc1. The predicted octanol–water partition coefficient (Wildman–Crippen LogP) is 5.35. The number of pyridine rings is 1. The van der Waals surface area contributed by atoms with E-state index in [0.717, 1.165) is 16.5 Å². The number of benzene rings is 3. The molecule has 0 spiro atoms. The van der Waals surface area contributed by atoms with Crippen molar-refractivity contribution in [3.63, 3.8) is 0 Å². The largest absolute Gasteiger partial charge is 0.497 e. The Morgan fingerprint density at radius 3 is 2.48 bits per heavy atom. The molecule has 1 heterocycles. The molecular formula is C25H21ClN2O3. The summed E-state index contributed by atoms with van der Waals surface area (Å²) in [5, 5.41) is 1.26. The number of hydrogen-bond acceptors (Lipinski definition) is 3. The molecule has 0 aliphatic carbocycles. The van der Waals surface area contributed by atoms with Gasteiger partial charge >= 0.3 is 0 Å². The number of halogens is 1. The quantitative estimate of drug-likeness (QED) is 0.462. The van der Waals surface area contributed by atoms with E-state index in [1.165, 1.54) is 0 Å². The Bertz CT molecular complexity index is 1310. The summed E-state index contributed by atoms with van der Waals surface area (Å²) in [5.41, 5.74) is 3.07. The summed E-state index contributed by atoms with van der Waals surface area (Å²) < 4.78 is 5.23. The molecule has 4 rings (SSSR count). The number of nitrogens with zero attached hydrogens (tertiary/aromatic N) is 1. The van der Waals surface area contributed by atoms with Gasteiger partial charge < -0.3 is 14.6 Å². The van der Waals surface area contributed by atoms with Crippen molar-refractivity contribution in [2.75, 3.05) is 12.0 Å². The van der Waals surface area contributed by atoms with Crippen LogP contribution in [0.5, 0.6) is 5.75 Å². The summed E-state index contributed by atoms with van der Waals surface area (Å²) >= 11 is 6.29. The molecule has 4 aromatic rings. The van der Waals surface area contributed by atoms with Gasteiger partial charge in [0.2, 0.25) is 0 Å². The molecule has 5 nitrogen and oxygen atoms in total. The minimum absolute atomic E-state index is 0.0928. The third-order valence-corrected chi connectivity index (χ3v) is 5.47. The van der Waals surface area contributed by atoms with Crippen molar-refractivity contribution in [3.8, 4) is 5.75 Å². The van der Waals surface area contributed by atoms with E-state index in [1.807, 2.05) is 31.2 Å². The highest BCUT2D eigenvalue weighted by atomic mass is 35.5. The van der Waals surface area contributed by atoms with Crippen LogP contribution >= 0.6 is 11.6 Å². The number of nitrogens with one attached hydrogen (secondary N) is 1. The fourth-order valence-electron chi connectivity index (χ4n) is 3.47. The third-order valence-electron chi connectivity index (χ3n) is 5.14. The van der Waals surface area contributed by atoms with Gasteiger partial charge in [0, 0.05) is 16.8 Å². The van der Waals surface area contributed by atoms with E-state index in [0.29, 0.717) is 27.6 Å². The molecule has 0 aliphatic heterocycles. The second kappa shape index (κ2) is 8.66. The molecule has 1 amide bonds. The molecule has 31 heavy (non-hydrogen) atoms. The number of aromatic nitrogens is 1. The lowest BCUT2D eigenvalue weighted by Crippen LogP contribution is -2.33. The average molecular weight is 433 g/mol. The number of ether oxygens (including phenoxy) is 1. The zero-order chi connectivity index (χ0) is 22.0. The smallest absolute Gasteiger partial charge is 0.260 e. The minimum Gasteiger partial charge on any atom is -0.497 e. The van der Waals surface area contributed by atoms with Gasteiger partial charge in [-0.2, -0.15) is 0 Å². The maximum absolute atomic E-state index is 13.4. The van der Waals surface area contributed by atoms with E-state index >= 15 is 0 Å². The first-order valence-corrected chi connectivity index (χ1v) is 10.2. The molecule has 0 unspecified atom stereocenters. The Hall–Kier alpha value is -3.57. The summed E-state index contributed by atoms with van der Waals surface area (Å²) in [4.78, 5) is 30.7. The van der Waals surface area contributed by atoms with E-state index in [9.17, 15) is 9.59 Å². The van der Waals surface area contributed by atoms with Crippen molar-refractivity contribution in [1.82, 2.24) is 4.98 Å². The molecule has 0 fully saturated rings. The van der Waals surface area contributed by atoms with Crippen LogP contribution in [-0.2, 0) is 6.54 Å². The standard InChI is InChI=1S/C25H21ClN2O3/c1-16-7-8-17-14-18(24(29)27-23(17)13-16)15-28(19-9-11-20(31-2)12-10-19)25(30)21-5-3-4-6-22(21)26/h3-14H,15H2,1-2H3,(H,27,29). The lowest BCUT2D eigenvalue weighted by atomic mass is 10.1. The second-order valence-corrected chi connectivity index (χ2v) is 7.69. The highest BCUT2D eigenvalue weighted by Gasteiger charge is 2.22. The number of amides is 1. The molecule has 3 aromatic carbocycles. The van der Waals surface area contributed by atoms with Gasteiger partial charge in [0.25, 0.3) is 11.5 Å². The Labute approximate surface area is 184 Å². The molecule has 1 aromatic heterocycles. The van der Waals surface area contributed by atoms with E-state index in [-0.39, 0.29) is 18.0 Å². The first-order chi connectivity index (χ1) is 15.0. The Balaban J connectivity index is 1.79. The van der Waals surface area contributed by atoms with Crippen LogP contribution in [0.15, 0.2) is 77.6 Å². The van der Waals surface area contributed by atoms with Crippen LogP contribution in [0, 0.1) is 6.92 Å². The van der Waals surface area contributed by atoms with Crippen LogP contribution in [-0.4, -0.2) is 18.0 Å². The van der Waals surface area contributed by atoms with E-state index in [1.54, 1.807) is 60.5 Å². The maximum atomic E-state index is 13.4. The van der Waals surface area contributed by atoms with Crippen LogP contribution in [0.3, 0.4) is 0 Å².